The quantitative estimate of drug-likeness (QED) is 0.845. The topological polar surface area (TPSA) is 29.1 Å². The Morgan fingerprint density at radius 1 is 1.29 bits per heavy atom. The average Bonchev–Trinajstić information content (AvgIpc) is 2.74. The molecular formula is C13H13NOS2. The first-order valence-corrected chi connectivity index (χ1v) is 7.14. The number of carbonyl (C=O) groups excluding carboxylic acids is 1. The van der Waals surface area contributed by atoms with Gasteiger partial charge in [0.05, 0.1) is 9.90 Å². The summed E-state index contributed by atoms with van der Waals surface area (Å²) >= 11 is 3.41. The van der Waals surface area contributed by atoms with Crippen molar-refractivity contribution in [2.75, 3.05) is 5.32 Å². The molecule has 1 amide bonds. The van der Waals surface area contributed by atoms with Gasteiger partial charge < -0.3 is 5.32 Å². The Labute approximate surface area is 109 Å². The van der Waals surface area contributed by atoms with E-state index in [4.69, 9.17) is 0 Å². The summed E-state index contributed by atoms with van der Waals surface area (Å²) in [6.07, 6.45) is 0. The van der Waals surface area contributed by atoms with Gasteiger partial charge in [0.25, 0.3) is 0 Å². The maximum atomic E-state index is 11.0. The molecule has 0 saturated carbocycles. The molecule has 1 heterocycles. The van der Waals surface area contributed by atoms with Crippen LogP contribution in [-0.2, 0) is 10.5 Å². The summed E-state index contributed by atoms with van der Waals surface area (Å²) in [5.74, 6) is 0.901. The predicted molar refractivity (Wildman–Crippen MR) is 74.6 cm³/mol. The second-order valence-corrected chi connectivity index (χ2v) is 5.74. The molecule has 0 spiro atoms. The predicted octanol–water partition coefficient (Wildman–Crippen LogP) is 4.00. The van der Waals surface area contributed by atoms with E-state index in [1.807, 2.05) is 29.6 Å². The zero-order valence-corrected chi connectivity index (χ0v) is 11.1. The number of thiophene rings is 1. The summed E-state index contributed by atoms with van der Waals surface area (Å²) in [6, 6.07) is 12.3. The Bertz CT molecular complexity index is 493. The third-order valence-electron chi connectivity index (χ3n) is 2.15. The highest BCUT2D eigenvalue weighted by Crippen LogP contribution is 2.34. The van der Waals surface area contributed by atoms with Crippen molar-refractivity contribution in [3.8, 4) is 0 Å². The van der Waals surface area contributed by atoms with Gasteiger partial charge in [-0.1, -0.05) is 30.3 Å². The van der Waals surface area contributed by atoms with Crippen LogP contribution in [0.2, 0.25) is 0 Å². The number of hydrogen-bond acceptors (Lipinski definition) is 3. The lowest BCUT2D eigenvalue weighted by Crippen LogP contribution is -2.05. The van der Waals surface area contributed by atoms with E-state index in [0.717, 1.165) is 15.6 Å². The van der Waals surface area contributed by atoms with Gasteiger partial charge in [0.1, 0.15) is 0 Å². The monoisotopic (exact) mass is 263 g/mol. The van der Waals surface area contributed by atoms with Gasteiger partial charge in [-0.15, -0.1) is 23.1 Å². The van der Waals surface area contributed by atoms with Gasteiger partial charge in [-0.2, -0.15) is 0 Å². The normalized spacial score (nSPS) is 10.2. The summed E-state index contributed by atoms with van der Waals surface area (Å²) in [6.45, 7) is 1.53. The highest BCUT2D eigenvalue weighted by Gasteiger charge is 2.06. The summed E-state index contributed by atoms with van der Waals surface area (Å²) in [7, 11) is 0. The van der Waals surface area contributed by atoms with Crippen molar-refractivity contribution in [2.24, 2.45) is 0 Å². The van der Waals surface area contributed by atoms with E-state index < -0.39 is 0 Å². The van der Waals surface area contributed by atoms with E-state index in [1.54, 1.807) is 23.1 Å². The minimum atomic E-state index is -0.0232. The van der Waals surface area contributed by atoms with Crippen LogP contribution in [0.15, 0.2) is 46.0 Å². The fourth-order valence-corrected chi connectivity index (χ4v) is 3.37. The van der Waals surface area contributed by atoms with Gasteiger partial charge in [0.2, 0.25) is 5.91 Å². The van der Waals surface area contributed by atoms with Crippen LogP contribution >= 0.6 is 23.1 Å². The van der Waals surface area contributed by atoms with Crippen molar-refractivity contribution in [2.45, 2.75) is 16.9 Å². The molecule has 2 nitrogen and oxygen atoms in total. The Kier molecular flexibility index (Phi) is 4.23. The fraction of sp³-hybridized carbons (Fsp3) is 0.154. The molecule has 1 N–H and O–H groups in total. The molecule has 0 aliphatic carbocycles. The molecule has 4 heteroatoms. The first-order chi connectivity index (χ1) is 8.25. The maximum absolute atomic E-state index is 11.0. The zero-order chi connectivity index (χ0) is 12.1. The molecule has 0 bridgehead atoms. The number of hydrogen-bond donors (Lipinski definition) is 1. The highest BCUT2D eigenvalue weighted by atomic mass is 32.2. The Balaban J connectivity index is 2.00. The minimum absolute atomic E-state index is 0.0232. The molecule has 2 aromatic rings. The lowest BCUT2D eigenvalue weighted by atomic mass is 10.2. The van der Waals surface area contributed by atoms with Crippen LogP contribution < -0.4 is 5.32 Å². The lowest BCUT2D eigenvalue weighted by Gasteiger charge is -2.04. The Morgan fingerprint density at radius 2 is 2.06 bits per heavy atom. The molecule has 0 fully saturated rings. The van der Waals surface area contributed by atoms with Gasteiger partial charge in [0, 0.05) is 12.7 Å². The van der Waals surface area contributed by atoms with Crippen molar-refractivity contribution >= 4 is 34.7 Å². The number of nitrogens with one attached hydrogen (secondary N) is 1. The van der Waals surface area contributed by atoms with E-state index in [2.05, 4.69) is 17.4 Å². The standard InChI is InChI=1S/C13H13NOS2/c1-10(15)14-12-7-8-16-13(12)17-9-11-5-3-2-4-6-11/h2-8H,9H2,1H3,(H,14,15). The second-order valence-electron chi connectivity index (χ2n) is 3.58. The van der Waals surface area contributed by atoms with Crippen molar-refractivity contribution in [3.05, 3.63) is 47.3 Å². The summed E-state index contributed by atoms with van der Waals surface area (Å²) < 4.78 is 1.16. The molecule has 2 rings (SSSR count). The van der Waals surface area contributed by atoms with Crippen LogP contribution in [0, 0.1) is 0 Å². The molecule has 88 valence electrons. The first-order valence-electron chi connectivity index (χ1n) is 5.27. The molecule has 0 aliphatic heterocycles. The van der Waals surface area contributed by atoms with E-state index in [1.165, 1.54) is 12.5 Å². The van der Waals surface area contributed by atoms with Crippen LogP contribution in [0.25, 0.3) is 0 Å². The molecule has 0 aliphatic rings. The van der Waals surface area contributed by atoms with E-state index in [9.17, 15) is 4.79 Å². The van der Waals surface area contributed by atoms with Crippen LogP contribution in [0.1, 0.15) is 12.5 Å². The lowest BCUT2D eigenvalue weighted by molar-refractivity contribution is -0.114. The Morgan fingerprint density at radius 3 is 2.76 bits per heavy atom. The van der Waals surface area contributed by atoms with Crippen LogP contribution in [0.4, 0.5) is 5.69 Å². The van der Waals surface area contributed by atoms with E-state index in [0.29, 0.717) is 0 Å². The van der Waals surface area contributed by atoms with Crippen molar-refractivity contribution < 1.29 is 4.79 Å². The molecule has 0 saturated heterocycles. The summed E-state index contributed by atoms with van der Waals surface area (Å²) in [5.41, 5.74) is 2.21. The fourth-order valence-electron chi connectivity index (χ4n) is 1.41. The van der Waals surface area contributed by atoms with Gasteiger partial charge in [-0.25, -0.2) is 0 Å². The Hall–Kier alpha value is -1.26. The number of amides is 1. The number of rotatable bonds is 4. The average molecular weight is 263 g/mol. The van der Waals surface area contributed by atoms with E-state index >= 15 is 0 Å². The highest BCUT2D eigenvalue weighted by molar-refractivity contribution is 8.00. The van der Waals surface area contributed by atoms with Crippen LogP contribution in [-0.4, -0.2) is 5.91 Å². The molecule has 1 aromatic carbocycles. The smallest absolute Gasteiger partial charge is 0.221 e. The summed E-state index contributed by atoms with van der Waals surface area (Å²) in [5, 5.41) is 4.84. The molecule has 0 unspecified atom stereocenters. The zero-order valence-electron chi connectivity index (χ0n) is 9.47. The number of carbonyl (C=O) groups is 1. The molecule has 1 aromatic heterocycles. The molecule has 0 radical (unpaired) electrons. The van der Waals surface area contributed by atoms with Crippen molar-refractivity contribution in [1.82, 2.24) is 0 Å². The van der Waals surface area contributed by atoms with Gasteiger partial charge in [0.15, 0.2) is 0 Å². The number of anilines is 1. The minimum Gasteiger partial charge on any atom is -0.325 e. The number of thioether (sulfide) groups is 1. The van der Waals surface area contributed by atoms with Gasteiger partial charge >= 0.3 is 0 Å². The van der Waals surface area contributed by atoms with Crippen molar-refractivity contribution in [1.29, 1.82) is 0 Å². The number of benzene rings is 1. The van der Waals surface area contributed by atoms with Gasteiger partial charge in [-0.3, -0.25) is 4.79 Å². The largest absolute Gasteiger partial charge is 0.325 e. The third kappa shape index (κ3) is 3.61. The van der Waals surface area contributed by atoms with Gasteiger partial charge in [-0.05, 0) is 17.0 Å². The SMILES string of the molecule is CC(=O)Nc1ccsc1SCc1ccccc1. The van der Waals surface area contributed by atoms with Crippen LogP contribution in [0.5, 0.6) is 0 Å². The molecule has 17 heavy (non-hydrogen) atoms. The van der Waals surface area contributed by atoms with E-state index in [-0.39, 0.29) is 5.91 Å². The third-order valence-corrected chi connectivity index (χ3v) is 4.46. The second kappa shape index (κ2) is 5.89. The van der Waals surface area contributed by atoms with Crippen LogP contribution in [0.3, 0.4) is 0 Å². The molecular weight excluding hydrogens is 250 g/mol. The summed E-state index contributed by atoms with van der Waals surface area (Å²) in [4.78, 5) is 11.0. The van der Waals surface area contributed by atoms with Crippen molar-refractivity contribution in [3.63, 3.8) is 0 Å². The first kappa shape index (κ1) is 12.2. The molecule has 0 atom stereocenters. The maximum Gasteiger partial charge on any atom is 0.221 e.